The zero-order valence-electron chi connectivity index (χ0n) is 12.1. The lowest BCUT2D eigenvalue weighted by Gasteiger charge is -2.31. The molecule has 1 fully saturated rings. The minimum absolute atomic E-state index is 0.231. The maximum absolute atomic E-state index is 13.4. The van der Waals surface area contributed by atoms with Gasteiger partial charge in [0.25, 0.3) is 0 Å². The maximum Gasteiger partial charge on any atom is 0.409 e. The molecule has 0 unspecified atom stereocenters. The summed E-state index contributed by atoms with van der Waals surface area (Å²) in [4.78, 5) is 13.3. The lowest BCUT2D eigenvalue weighted by molar-refractivity contribution is 0.0950. The molecule has 21 heavy (non-hydrogen) atoms. The molecule has 1 saturated heterocycles. The summed E-state index contributed by atoms with van der Waals surface area (Å²) in [6.07, 6.45) is 1.54. The third-order valence-electron chi connectivity index (χ3n) is 3.60. The molecule has 1 N–H and O–H groups in total. The molecule has 0 radical (unpaired) electrons. The number of likely N-dealkylation sites (tertiary alicyclic amines) is 1. The van der Waals surface area contributed by atoms with Crippen LogP contribution >= 0.6 is 15.9 Å². The van der Waals surface area contributed by atoms with Crippen LogP contribution in [-0.2, 0) is 11.3 Å². The Labute approximate surface area is 132 Å². The van der Waals surface area contributed by atoms with Crippen molar-refractivity contribution < 1.29 is 13.9 Å². The SMILES string of the molecule is CCOC(=O)N1CCC(NCc2ccc(Br)c(F)c2)CC1. The molecule has 116 valence electrons. The standard InChI is InChI=1S/C15H20BrFN2O2/c1-2-21-15(20)19-7-5-12(6-8-19)18-10-11-3-4-13(16)14(17)9-11/h3-4,9,12,18H,2,5-8,10H2,1H3. The van der Waals surface area contributed by atoms with Crippen LogP contribution in [0.5, 0.6) is 0 Å². The van der Waals surface area contributed by atoms with Crippen molar-refractivity contribution in [3.63, 3.8) is 0 Å². The van der Waals surface area contributed by atoms with Crippen LogP contribution in [0.1, 0.15) is 25.3 Å². The third-order valence-corrected chi connectivity index (χ3v) is 4.24. The Kier molecular flexibility index (Phi) is 5.99. The molecule has 0 atom stereocenters. The van der Waals surface area contributed by atoms with E-state index in [1.54, 1.807) is 11.0 Å². The van der Waals surface area contributed by atoms with Gasteiger partial charge in [0.15, 0.2) is 0 Å². The fraction of sp³-hybridized carbons (Fsp3) is 0.533. The van der Waals surface area contributed by atoms with Crippen molar-refractivity contribution in [1.29, 1.82) is 0 Å². The lowest BCUT2D eigenvalue weighted by Crippen LogP contribution is -2.44. The van der Waals surface area contributed by atoms with Crippen LogP contribution in [0.3, 0.4) is 0 Å². The zero-order chi connectivity index (χ0) is 15.2. The first kappa shape index (κ1) is 16.2. The number of amides is 1. The number of hydrogen-bond acceptors (Lipinski definition) is 3. The number of piperidine rings is 1. The van der Waals surface area contributed by atoms with Gasteiger partial charge in [-0.15, -0.1) is 0 Å². The number of hydrogen-bond donors (Lipinski definition) is 1. The van der Waals surface area contributed by atoms with Crippen molar-refractivity contribution in [1.82, 2.24) is 10.2 Å². The van der Waals surface area contributed by atoms with E-state index in [9.17, 15) is 9.18 Å². The van der Waals surface area contributed by atoms with E-state index < -0.39 is 0 Å². The zero-order valence-corrected chi connectivity index (χ0v) is 13.7. The van der Waals surface area contributed by atoms with Gasteiger partial charge in [0.1, 0.15) is 5.82 Å². The summed E-state index contributed by atoms with van der Waals surface area (Å²) in [7, 11) is 0. The summed E-state index contributed by atoms with van der Waals surface area (Å²) < 4.78 is 18.9. The molecule has 0 saturated carbocycles. The predicted octanol–water partition coefficient (Wildman–Crippen LogP) is 3.30. The lowest BCUT2D eigenvalue weighted by atomic mass is 10.0. The van der Waals surface area contributed by atoms with E-state index in [0.717, 1.165) is 18.4 Å². The number of halogens is 2. The molecule has 1 amide bonds. The molecule has 0 aromatic heterocycles. The van der Waals surface area contributed by atoms with Crippen molar-refractivity contribution in [2.75, 3.05) is 19.7 Å². The monoisotopic (exact) mass is 358 g/mol. The van der Waals surface area contributed by atoms with Crippen molar-refractivity contribution in [2.45, 2.75) is 32.4 Å². The van der Waals surface area contributed by atoms with Gasteiger partial charge in [-0.3, -0.25) is 0 Å². The second-order valence-electron chi connectivity index (χ2n) is 5.09. The molecule has 1 heterocycles. The predicted molar refractivity (Wildman–Crippen MR) is 82.6 cm³/mol. The van der Waals surface area contributed by atoms with Crippen LogP contribution in [0.4, 0.5) is 9.18 Å². The molecule has 6 heteroatoms. The Balaban J connectivity index is 1.76. The highest BCUT2D eigenvalue weighted by Crippen LogP contribution is 2.17. The van der Waals surface area contributed by atoms with Gasteiger partial charge in [0, 0.05) is 25.7 Å². The number of benzene rings is 1. The topological polar surface area (TPSA) is 41.6 Å². The van der Waals surface area contributed by atoms with Crippen molar-refractivity contribution in [3.05, 3.63) is 34.1 Å². The van der Waals surface area contributed by atoms with Gasteiger partial charge < -0.3 is 15.0 Å². The van der Waals surface area contributed by atoms with E-state index in [1.165, 1.54) is 6.07 Å². The molecule has 0 aliphatic carbocycles. The molecule has 1 aromatic rings. The highest BCUT2D eigenvalue weighted by molar-refractivity contribution is 9.10. The Hall–Kier alpha value is -1.14. The van der Waals surface area contributed by atoms with Crippen molar-refractivity contribution in [2.24, 2.45) is 0 Å². The molecule has 0 bridgehead atoms. The summed E-state index contributed by atoms with van der Waals surface area (Å²) in [6, 6.07) is 5.50. The molecule has 0 spiro atoms. The van der Waals surface area contributed by atoms with Gasteiger partial charge in [0.2, 0.25) is 0 Å². The highest BCUT2D eigenvalue weighted by atomic mass is 79.9. The molecule has 1 aliphatic heterocycles. The van der Waals surface area contributed by atoms with Gasteiger partial charge in [-0.2, -0.15) is 0 Å². The van der Waals surface area contributed by atoms with Gasteiger partial charge >= 0.3 is 6.09 Å². The summed E-state index contributed by atoms with van der Waals surface area (Å²) in [6.45, 7) is 4.25. The van der Waals surface area contributed by atoms with Crippen LogP contribution in [0, 0.1) is 5.82 Å². The third kappa shape index (κ3) is 4.68. The first-order valence-corrected chi connectivity index (χ1v) is 7.98. The fourth-order valence-corrected chi connectivity index (χ4v) is 2.64. The number of rotatable bonds is 4. The van der Waals surface area contributed by atoms with Crippen LogP contribution in [-0.4, -0.2) is 36.7 Å². The van der Waals surface area contributed by atoms with E-state index in [0.29, 0.717) is 36.8 Å². The van der Waals surface area contributed by atoms with Gasteiger partial charge in [-0.05, 0) is 53.4 Å². The molecular weight excluding hydrogens is 339 g/mol. The quantitative estimate of drug-likeness (QED) is 0.897. The molecule has 1 aromatic carbocycles. The number of ether oxygens (including phenoxy) is 1. The normalized spacial score (nSPS) is 16.0. The Morgan fingerprint density at radius 2 is 2.19 bits per heavy atom. The average molecular weight is 359 g/mol. The first-order valence-electron chi connectivity index (χ1n) is 7.19. The van der Waals surface area contributed by atoms with Crippen LogP contribution in [0.15, 0.2) is 22.7 Å². The summed E-state index contributed by atoms with van der Waals surface area (Å²) in [5.74, 6) is -0.244. The van der Waals surface area contributed by atoms with E-state index in [2.05, 4.69) is 21.2 Å². The van der Waals surface area contributed by atoms with Crippen molar-refractivity contribution >= 4 is 22.0 Å². The fourth-order valence-electron chi connectivity index (χ4n) is 2.39. The van der Waals surface area contributed by atoms with Crippen LogP contribution in [0.25, 0.3) is 0 Å². The van der Waals surface area contributed by atoms with Gasteiger partial charge in [-0.25, -0.2) is 9.18 Å². The van der Waals surface area contributed by atoms with E-state index >= 15 is 0 Å². The van der Waals surface area contributed by atoms with E-state index in [1.807, 2.05) is 13.0 Å². The van der Waals surface area contributed by atoms with Crippen molar-refractivity contribution in [3.8, 4) is 0 Å². The minimum Gasteiger partial charge on any atom is -0.450 e. The van der Waals surface area contributed by atoms with E-state index in [4.69, 9.17) is 4.74 Å². The van der Waals surface area contributed by atoms with Crippen LogP contribution in [0.2, 0.25) is 0 Å². The minimum atomic E-state index is -0.244. The summed E-state index contributed by atoms with van der Waals surface area (Å²) in [5, 5.41) is 3.42. The summed E-state index contributed by atoms with van der Waals surface area (Å²) in [5.41, 5.74) is 0.920. The highest BCUT2D eigenvalue weighted by Gasteiger charge is 2.23. The number of nitrogens with zero attached hydrogens (tertiary/aromatic N) is 1. The Bertz CT molecular complexity index is 491. The molecule has 1 aliphatic rings. The number of carbonyl (C=O) groups is 1. The second kappa shape index (κ2) is 7.75. The number of carbonyl (C=O) groups excluding carboxylic acids is 1. The Morgan fingerprint density at radius 1 is 1.48 bits per heavy atom. The van der Waals surface area contributed by atoms with Gasteiger partial charge in [0.05, 0.1) is 11.1 Å². The summed E-state index contributed by atoms with van der Waals surface area (Å²) >= 11 is 3.15. The Morgan fingerprint density at radius 3 is 2.81 bits per heavy atom. The average Bonchev–Trinajstić information content (AvgIpc) is 2.49. The second-order valence-corrected chi connectivity index (χ2v) is 5.94. The van der Waals surface area contributed by atoms with E-state index in [-0.39, 0.29) is 11.9 Å². The van der Waals surface area contributed by atoms with Crippen LogP contribution < -0.4 is 5.32 Å². The molecular formula is C15H20BrFN2O2. The number of nitrogens with one attached hydrogen (secondary N) is 1. The molecule has 2 rings (SSSR count). The maximum atomic E-state index is 13.4. The first-order chi connectivity index (χ1) is 10.1. The molecule has 4 nitrogen and oxygen atoms in total. The smallest absolute Gasteiger partial charge is 0.409 e. The largest absolute Gasteiger partial charge is 0.450 e. The van der Waals surface area contributed by atoms with Gasteiger partial charge in [-0.1, -0.05) is 6.07 Å².